The van der Waals surface area contributed by atoms with Crippen molar-refractivity contribution in [2.45, 2.75) is 63.6 Å². The second-order valence-electron chi connectivity index (χ2n) is 12.6. The zero-order valence-corrected chi connectivity index (χ0v) is 27.5. The number of nitrogens with zero attached hydrogens (tertiary/aromatic N) is 4. The topological polar surface area (TPSA) is 120 Å². The van der Waals surface area contributed by atoms with E-state index in [4.69, 9.17) is 15.5 Å². The fourth-order valence-electron chi connectivity index (χ4n) is 7.27. The molecule has 230 valence electrons. The summed E-state index contributed by atoms with van der Waals surface area (Å²) in [6, 6.07) is 5.31. The fraction of sp³-hybridized carbons (Fsp3) is 0.469. The van der Waals surface area contributed by atoms with Crippen LogP contribution in [0.3, 0.4) is 0 Å². The van der Waals surface area contributed by atoms with Gasteiger partial charge in [0, 0.05) is 0 Å². The maximum atomic E-state index is 17.2. The summed E-state index contributed by atoms with van der Waals surface area (Å²) in [6.45, 7) is 2.97. The van der Waals surface area contributed by atoms with Crippen LogP contribution in [0.5, 0.6) is 11.8 Å². The molecule has 0 radical (unpaired) electrons. The average Bonchev–Trinajstić information content (AvgIpc) is 3.92. The Kier molecular flexibility index (Phi) is 6.63. The Balaban J connectivity index is 1.36. The van der Waals surface area contributed by atoms with Crippen molar-refractivity contribution in [3.8, 4) is 29.0 Å². The normalized spacial score (nSPS) is 23.6. The van der Waals surface area contributed by atoms with Gasteiger partial charge in [0.25, 0.3) is 0 Å². The summed E-state index contributed by atoms with van der Waals surface area (Å²) in [7, 11) is 2.07. The Hall–Kier alpha value is -3.02. The number of rotatable bonds is 7. The molecule has 4 aliphatic rings. The van der Waals surface area contributed by atoms with E-state index in [0.29, 0.717) is 15.0 Å². The van der Waals surface area contributed by atoms with Crippen LogP contribution in [0.4, 0.5) is 19.6 Å². The van der Waals surface area contributed by atoms with E-state index >= 15 is 4.39 Å². The second-order valence-corrected chi connectivity index (χ2v) is 19.5. The van der Waals surface area contributed by atoms with Gasteiger partial charge in [-0.3, -0.25) is 0 Å². The Bertz CT molecular complexity index is 1900. The number of likely N-dealkylation sites (tertiary alicyclic amines) is 1. The quantitative estimate of drug-likeness (QED) is 0.140. The molecule has 4 aromatic rings. The third-order valence-corrected chi connectivity index (χ3v) is 15.9. The number of nitrogens with two attached hydrogens (primary N) is 1. The predicted octanol–water partition coefficient (Wildman–Crippen LogP) is 6.85. The molecule has 2 aliphatic carbocycles. The number of nitrogen functional groups attached to an aromatic ring is 1. The molecule has 0 bridgehead atoms. The Morgan fingerprint density at radius 2 is 2.02 bits per heavy atom. The molecule has 2 aromatic heterocycles. The van der Waals surface area contributed by atoms with Crippen molar-refractivity contribution < 1.29 is 18.6 Å². The van der Waals surface area contributed by atoms with E-state index in [0.717, 1.165) is 65.3 Å². The number of nitrogens with one attached hydrogen (secondary N) is 1. The van der Waals surface area contributed by atoms with E-state index < -0.39 is 31.5 Å². The van der Waals surface area contributed by atoms with E-state index in [9.17, 15) is 14.8 Å². The molecule has 12 heteroatoms. The number of ether oxygens (including phenoxy) is 1. The van der Waals surface area contributed by atoms with Gasteiger partial charge < -0.3 is 0 Å². The number of hydrogen-bond donors (Lipinski definition) is 3. The Morgan fingerprint density at radius 1 is 1.23 bits per heavy atom. The molecule has 1 unspecified atom stereocenters. The summed E-state index contributed by atoms with van der Waals surface area (Å²) in [5, 5.41) is 26.3. The van der Waals surface area contributed by atoms with Crippen LogP contribution in [-0.4, -0.2) is 60.6 Å². The van der Waals surface area contributed by atoms with Crippen molar-refractivity contribution in [1.29, 1.82) is 5.26 Å². The number of alkyl halides is 2. The molecule has 2 aliphatic heterocycles. The van der Waals surface area contributed by atoms with Gasteiger partial charge in [0.15, 0.2) is 0 Å². The molecule has 4 heterocycles. The van der Waals surface area contributed by atoms with E-state index in [1.807, 2.05) is 6.92 Å². The number of aromatic nitrogens is 2. The van der Waals surface area contributed by atoms with Gasteiger partial charge in [-0.05, 0) is 0 Å². The molecule has 0 amide bonds. The van der Waals surface area contributed by atoms with Crippen LogP contribution in [0.1, 0.15) is 51.0 Å². The molecule has 2 saturated heterocycles. The monoisotopic (exact) mass is 730 g/mol. The third-order valence-electron chi connectivity index (χ3n) is 10.1. The van der Waals surface area contributed by atoms with Crippen molar-refractivity contribution in [2.75, 3.05) is 33.5 Å². The first kappa shape index (κ1) is 28.5. The minimum absolute atomic E-state index is 0.0138. The summed E-state index contributed by atoms with van der Waals surface area (Å²) < 4.78 is 41.2. The van der Waals surface area contributed by atoms with Gasteiger partial charge in [-0.1, -0.05) is 0 Å². The zero-order chi connectivity index (χ0) is 30.5. The van der Waals surface area contributed by atoms with Gasteiger partial charge >= 0.3 is 266 Å². The average molecular weight is 731 g/mol. The molecular weight excluding hydrogens is 697 g/mol. The Labute approximate surface area is 265 Å². The molecule has 2 saturated carbocycles. The van der Waals surface area contributed by atoms with Crippen LogP contribution in [0.15, 0.2) is 12.1 Å². The Morgan fingerprint density at radius 3 is 2.66 bits per heavy atom. The molecule has 1 spiro atoms. The summed E-state index contributed by atoms with van der Waals surface area (Å²) in [6.07, 6.45) is 6.28. The van der Waals surface area contributed by atoms with Crippen molar-refractivity contribution in [3.05, 3.63) is 32.9 Å². The van der Waals surface area contributed by atoms with Crippen LogP contribution in [0.2, 0.25) is 0 Å². The van der Waals surface area contributed by atoms with Crippen LogP contribution < -0.4 is 15.8 Å². The fourth-order valence-corrected chi connectivity index (χ4v) is 13.2. The van der Waals surface area contributed by atoms with Gasteiger partial charge in [0.05, 0.1) is 0 Å². The third kappa shape index (κ3) is 4.33. The standard InChI is InChI=1S/C32H33F2IN6O2S/c1-15(19-4-3-13-41(19)2)43-31-39-26-23(30(40-31)38-20-7-8-32(20)9-10-32)27(42)25(35-11-12-35)22(24(26)34)16-5-6-18(33)28-21(16)17(14-36)29(37)44-28/h5-6,15,19-20,42H,3-4,7-13,37H2,1-2H3,(H,38,39,40)/t15-,19-,20?/m0/s1. The number of aromatic hydroxyl groups is 1. The predicted molar refractivity (Wildman–Crippen MR) is 178 cm³/mol. The van der Waals surface area contributed by atoms with Crippen molar-refractivity contribution in [1.82, 2.24) is 14.9 Å². The first-order chi connectivity index (χ1) is 21.2. The number of hydrogen-bond acceptors (Lipinski definition) is 9. The van der Waals surface area contributed by atoms with Crippen molar-refractivity contribution >= 4 is 63.0 Å². The van der Waals surface area contributed by atoms with Crippen molar-refractivity contribution in [3.63, 3.8) is 0 Å². The summed E-state index contributed by atoms with van der Waals surface area (Å²) in [5.74, 6) is -0.755. The van der Waals surface area contributed by atoms with Gasteiger partial charge in [-0.25, -0.2) is 0 Å². The van der Waals surface area contributed by atoms with Gasteiger partial charge in [0.2, 0.25) is 0 Å². The molecular formula is C32H33F2IN6O2S. The van der Waals surface area contributed by atoms with E-state index in [-0.39, 0.29) is 72.5 Å². The van der Waals surface area contributed by atoms with Crippen molar-refractivity contribution in [2.24, 2.45) is 5.41 Å². The number of thiophene rings is 1. The van der Waals surface area contributed by atoms with Gasteiger partial charge in [-0.2, -0.15) is 0 Å². The summed E-state index contributed by atoms with van der Waals surface area (Å²) in [5.41, 5.74) is 7.02. The number of nitriles is 1. The second kappa shape index (κ2) is 10.3. The van der Waals surface area contributed by atoms with Gasteiger partial charge in [0.1, 0.15) is 0 Å². The number of halogens is 3. The number of likely N-dealkylation sites (N-methyl/N-ethyl adjacent to an activating group) is 1. The van der Waals surface area contributed by atoms with E-state index in [2.05, 4.69) is 28.3 Å². The van der Waals surface area contributed by atoms with Crippen LogP contribution in [0.25, 0.3) is 32.1 Å². The summed E-state index contributed by atoms with van der Waals surface area (Å²) >= 11 is -0.941. The number of phenolic OH excluding ortho intramolecular Hbond substituents is 1. The first-order valence-corrected chi connectivity index (χ1v) is 20.1. The molecule has 3 atom stereocenters. The number of fused-ring (bicyclic) bond motifs is 2. The molecule has 2 aromatic carbocycles. The number of benzene rings is 2. The summed E-state index contributed by atoms with van der Waals surface area (Å²) in [4.78, 5) is 11.7. The van der Waals surface area contributed by atoms with E-state index in [1.54, 1.807) is 0 Å². The molecule has 4 N–H and O–H groups in total. The molecule has 8 nitrogen and oxygen atoms in total. The maximum absolute atomic E-state index is 17.2. The number of phenols is 1. The first-order valence-electron chi connectivity index (χ1n) is 15.1. The van der Waals surface area contributed by atoms with Crippen LogP contribution in [-0.2, 0) is 0 Å². The SMILES string of the molecule is C[C@H](Oc1nc(NC2CCC23CC3)c2c(O)c(I3CC3)c(-c3ccc(F)c4sc(N)c(C#N)c34)c(F)c2n1)[C@@H]1CCCN1C. The number of anilines is 2. The molecule has 8 rings (SSSR count). The van der Waals surface area contributed by atoms with Crippen LogP contribution in [0, 0.1) is 32.0 Å². The molecule has 4 fully saturated rings. The van der Waals surface area contributed by atoms with E-state index in [1.165, 1.54) is 12.1 Å². The zero-order valence-electron chi connectivity index (χ0n) is 24.5. The van der Waals surface area contributed by atoms with Crippen LogP contribution >= 0.6 is 31.2 Å². The van der Waals surface area contributed by atoms with Gasteiger partial charge in [-0.15, -0.1) is 0 Å². The molecule has 44 heavy (non-hydrogen) atoms. The minimum atomic E-state index is -1.92.